The number of carbonyl (C=O) groups is 2. The van der Waals surface area contributed by atoms with Crippen molar-refractivity contribution in [2.45, 2.75) is 0 Å². The second-order valence-electron chi connectivity index (χ2n) is 2.43. The summed E-state index contributed by atoms with van der Waals surface area (Å²) in [4.78, 5) is 27.9. The molecule has 1 rings (SSSR count). The zero-order valence-corrected chi connectivity index (χ0v) is 7.32. The van der Waals surface area contributed by atoms with Crippen molar-refractivity contribution < 1.29 is 19.5 Å². The van der Waals surface area contributed by atoms with Crippen LogP contribution in [0.4, 0.5) is 0 Å². The third-order valence-corrected chi connectivity index (χ3v) is 1.53. The Labute approximate surface area is 83.5 Å². The summed E-state index contributed by atoms with van der Waals surface area (Å²) in [5.41, 5.74) is 8.04. The Hall–Kier alpha value is -2.53. The minimum absolute atomic E-state index is 0.0512. The molecule has 0 aromatic heterocycles. The summed E-state index contributed by atoms with van der Waals surface area (Å²) in [6, 6.07) is 5.02. The molecule has 0 heterocycles. The van der Waals surface area contributed by atoms with Crippen LogP contribution in [0.1, 0.15) is 20.7 Å². The topological polar surface area (TPSA) is 112 Å². The number of aromatic carboxylic acids is 1. The maximum absolute atomic E-state index is 11.1. The van der Waals surface area contributed by atoms with Crippen molar-refractivity contribution in [1.82, 2.24) is 0 Å². The van der Waals surface area contributed by atoms with E-state index < -0.39 is 11.9 Å². The summed E-state index contributed by atoms with van der Waals surface area (Å²) in [5, 5.41) is 11.2. The molecule has 0 saturated heterocycles. The van der Waals surface area contributed by atoms with E-state index in [4.69, 9.17) is 10.6 Å². The van der Waals surface area contributed by atoms with Crippen LogP contribution in [0.15, 0.2) is 29.5 Å². The van der Waals surface area contributed by atoms with Gasteiger partial charge in [0.25, 0.3) is 0 Å². The van der Waals surface area contributed by atoms with Gasteiger partial charge in [-0.05, 0) is 29.8 Å². The average Bonchev–Trinajstić information content (AvgIpc) is 2.26. The normalized spacial score (nSPS) is 8.80. The van der Waals surface area contributed by atoms with Gasteiger partial charge >= 0.3 is 11.9 Å². The molecule has 0 saturated carbocycles. The van der Waals surface area contributed by atoms with Gasteiger partial charge in [-0.3, -0.25) is 0 Å². The van der Waals surface area contributed by atoms with Gasteiger partial charge in [0, 0.05) is 4.91 Å². The Kier molecular flexibility index (Phi) is 3.26. The second kappa shape index (κ2) is 4.64. The lowest BCUT2D eigenvalue weighted by Gasteiger charge is -1.97. The van der Waals surface area contributed by atoms with E-state index in [9.17, 15) is 9.59 Å². The fraction of sp³-hybridized carbons (Fsp3) is 0. The van der Waals surface area contributed by atoms with Crippen LogP contribution >= 0.6 is 0 Å². The minimum atomic E-state index is -1.09. The molecule has 0 aliphatic carbocycles. The first-order chi connectivity index (χ1) is 7.15. The van der Waals surface area contributed by atoms with Crippen LogP contribution in [0.25, 0.3) is 10.4 Å². The van der Waals surface area contributed by atoms with Gasteiger partial charge in [0.1, 0.15) is 5.28 Å². The van der Waals surface area contributed by atoms with Gasteiger partial charge in [-0.25, -0.2) is 9.59 Å². The van der Waals surface area contributed by atoms with E-state index in [1.165, 1.54) is 24.3 Å². The first-order valence-corrected chi connectivity index (χ1v) is 3.74. The summed E-state index contributed by atoms with van der Waals surface area (Å²) >= 11 is 0. The van der Waals surface area contributed by atoms with E-state index in [2.05, 4.69) is 15.0 Å². The van der Waals surface area contributed by atoms with E-state index in [-0.39, 0.29) is 11.1 Å². The lowest BCUT2D eigenvalue weighted by molar-refractivity contribution is 0.0505. The lowest BCUT2D eigenvalue weighted by Crippen LogP contribution is -2.02. The molecule has 1 aromatic carbocycles. The second-order valence-corrected chi connectivity index (χ2v) is 2.43. The molecule has 76 valence electrons. The Bertz CT molecular complexity index is 434. The van der Waals surface area contributed by atoms with Gasteiger partial charge in [-0.2, -0.15) is 0 Å². The molecule has 0 amide bonds. The van der Waals surface area contributed by atoms with Crippen LogP contribution in [-0.4, -0.2) is 17.0 Å². The highest BCUT2D eigenvalue weighted by Gasteiger charge is 2.08. The molecular formula is C8H5N3O4. The predicted molar refractivity (Wildman–Crippen MR) is 48.0 cm³/mol. The Morgan fingerprint density at radius 2 is 1.80 bits per heavy atom. The van der Waals surface area contributed by atoms with Crippen molar-refractivity contribution >= 4 is 11.9 Å². The number of rotatable bonds is 3. The lowest BCUT2D eigenvalue weighted by atomic mass is 10.1. The summed E-state index contributed by atoms with van der Waals surface area (Å²) < 4.78 is 0. The molecule has 0 aliphatic heterocycles. The maximum atomic E-state index is 11.1. The molecule has 0 bridgehead atoms. The van der Waals surface area contributed by atoms with Gasteiger partial charge < -0.3 is 9.94 Å². The molecule has 1 aromatic rings. The number of carboxylic acid groups (broad SMARTS) is 1. The van der Waals surface area contributed by atoms with E-state index in [0.29, 0.717) is 0 Å². The van der Waals surface area contributed by atoms with Crippen LogP contribution in [-0.2, 0) is 4.84 Å². The zero-order valence-electron chi connectivity index (χ0n) is 7.32. The number of carboxylic acids is 1. The first-order valence-electron chi connectivity index (χ1n) is 3.74. The van der Waals surface area contributed by atoms with E-state index >= 15 is 0 Å². The fourth-order valence-corrected chi connectivity index (χ4v) is 0.857. The van der Waals surface area contributed by atoms with E-state index in [1.54, 1.807) is 0 Å². The molecule has 0 radical (unpaired) electrons. The molecule has 0 spiro atoms. The molecule has 1 N–H and O–H groups in total. The van der Waals surface area contributed by atoms with Crippen molar-refractivity contribution in [3.8, 4) is 0 Å². The molecule has 15 heavy (non-hydrogen) atoms. The van der Waals surface area contributed by atoms with Gasteiger partial charge in [0.15, 0.2) is 0 Å². The molecule has 0 aliphatic rings. The zero-order chi connectivity index (χ0) is 11.3. The molecule has 7 heteroatoms. The molecule has 0 atom stereocenters. The van der Waals surface area contributed by atoms with E-state index in [1.807, 2.05) is 0 Å². The summed E-state index contributed by atoms with van der Waals surface area (Å²) in [7, 11) is 0. The Morgan fingerprint density at radius 1 is 1.27 bits per heavy atom. The smallest absolute Gasteiger partial charge is 0.349 e. The molecule has 7 nitrogen and oxygen atoms in total. The van der Waals surface area contributed by atoms with Gasteiger partial charge in [0.05, 0.1) is 11.1 Å². The van der Waals surface area contributed by atoms with Crippen LogP contribution in [0, 0.1) is 0 Å². The number of hydrogen-bond donors (Lipinski definition) is 1. The highest BCUT2D eigenvalue weighted by atomic mass is 16.7. The number of azide groups is 1. The molecular weight excluding hydrogens is 202 g/mol. The summed E-state index contributed by atoms with van der Waals surface area (Å²) in [5.74, 6) is -1.94. The fourth-order valence-electron chi connectivity index (χ4n) is 0.857. The largest absolute Gasteiger partial charge is 0.478 e. The van der Waals surface area contributed by atoms with Gasteiger partial charge in [0.2, 0.25) is 0 Å². The van der Waals surface area contributed by atoms with Gasteiger partial charge in [-0.1, -0.05) is 0 Å². The molecule has 0 unspecified atom stereocenters. The summed E-state index contributed by atoms with van der Waals surface area (Å²) in [6.45, 7) is 0. The Morgan fingerprint density at radius 3 is 2.27 bits per heavy atom. The minimum Gasteiger partial charge on any atom is -0.478 e. The maximum Gasteiger partial charge on any atom is 0.349 e. The molecule has 0 fully saturated rings. The third kappa shape index (κ3) is 2.71. The highest BCUT2D eigenvalue weighted by molar-refractivity contribution is 5.92. The SMILES string of the molecule is [N-]=[N+]=NOC(=O)c1ccc(C(=O)O)cc1. The van der Waals surface area contributed by atoms with Crippen LogP contribution in [0.3, 0.4) is 0 Å². The summed E-state index contributed by atoms with van der Waals surface area (Å²) in [6.07, 6.45) is 0. The predicted octanol–water partition coefficient (Wildman–Crippen LogP) is 1.77. The van der Waals surface area contributed by atoms with Crippen LogP contribution < -0.4 is 0 Å². The average molecular weight is 207 g/mol. The quantitative estimate of drug-likeness (QED) is 0.352. The standard InChI is InChI=1S/C8H5N3O4/c9-10-11-15-8(14)6-3-1-5(2-4-6)7(12)13/h1-4H,(H,12,13). The number of hydrogen-bond acceptors (Lipinski definition) is 4. The Balaban J connectivity index is 2.84. The highest BCUT2D eigenvalue weighted by Crippen LogP contribution is 2.06. The number of carbonyl (C=O) groups excluding carboxylic acids is 1. The van der Waals surface area contributed by atoms with Crippen molar-refractivity contribution in [3.05, 3.63) is 45.8 Å². The van der Waals surface area contributed by atoms with Crippen molar-refractivity contribution in [1.29, 1.82) is 0 Å². The third-order valence-electron chi connectivity index (χ3n) is 1.53. The van der Waals surface area contributed by atoms with Crippen LogP contribution in [0.5, 0.6) is 0 Å². The number of benzene rings is 1. The monoisotopic (exact) mass is 207 g/mol. The van der Waals surface area contributed by atoms with Crippen LogP contribution in [0.2, 0.25) is 0 Å². The van der Waals surface area contributed by atoms with E-state index in [0.717, 1.165) is 0 Å². The first kappa shape index (κ1) is 10.6. The van der Waals surface area contributed by atoms with Crippen molar-refractivity contribution in [3.63, 3.8) is 0 Å². The number of nitrogens with zero attached hydrogens (tertiary/aromatic N) is 3. The van der Waals surface area contributed by atoms with Crippen molar-refractivity contribution in [2.24, 2.45) is 5.28 Å². The van der Waals surface area contributed by atoms with Gasteiger partial charge in [-0.15, -0.1) is 0 Å². The van der Waals surface area contributed by atoms with Crippen molar-refractivity contribution in [2.75, 3.05) is 0 Å².